The van der Waals surface area contributed by atoms with Crippen molar-refractivity contribution in [2.45, 2.75) is 25.7 Å². The third kappa shape index (κ3) is 6.55. The number of nitrogens with one attached hydrogen (secondary N) is 1. The van der Waals surface area contributed by atoms with Crippen LogP contribution < -0.4 is 11.1 Å². The highest BCUT2D eigenvalue weighted by Gasteiger charge is 2.10. The van der Waals surface area contributed by atoms with Gasteiger partial charge in [0, 0.05) is 12.2 Å². The van der Waals surface area contributed by atoms with E-state index in [2.05, 4.69) is 10.2 Å². The molecule has 1 aliphatic rings. The summed E-state index contributed by atoms with van der Waals surface area (Å²) < 4.78 is 0. The lowest BCUT2D eigenvalue weighted by molar-refractivity contribution is 0.0952. The van der Waals surface area contributed by atoms with Crippen molar-refractivity contribution in [3.8, 4) is 0 Å². The molecule has 3 N–H and O–H groups in total. The highest BCUT2D eigenvalue weighted by atomic mass is 35.5. The molecular formula is C15H25Cl2N3O. The monoisotopic (exact) mass is 333 g/mol. The number of hydrogen-bond acceptors (Lipinski definition) is 3. The lowest BCUT2D eigenvalue weighted by Crippen LogP contribution is -2.33. The van der Waals surface area contributed by atoms with Crippen LogP contribution in [-0.4, -0.2) is 37.0 Å². The first-order chi connectivity index (χ1) is 9.27. The molecule has 0 atom stereocenters. The van der Waals surface area contributed by atoms with Gasteiger partial charge in [0.05, 0.1) is 5.56 Å². The summed E-state index contributed by atoms with van der Waals surface area (Å²) in [5.41, 5.74) is 6.88. The van der Waals surface area contributed by atoms with Crippen LogP contribution in [0.1, 0.15) is 36.0 Å². The van der Waals surface area contributed by atoms with E-state index < -0.39 is 0 Å². The fourth-order valence-electron chi connectivity index (χ4n) is 2.49. The molecule has 6 heteroatoms. The van der Waals surface area contributed by atoms with E-state index >= 15 is 0 Å². The minimum absolute atomic E-state index is 0. The van der Waals surface area contributed by atoms with E-state index in [0.29, 0.717) is 17.8 Å². The minimum Gasteiger partial charge on any atom is -0.398 e. The summed E-state index contributed by atoms with van der Waals surface area (Å²) >= 11 is 0. The molecule has 1 heterocycles. The zero-order valence-corrected chi connectivity index (χ0v) is 13.8. The zero-order valence-electron chi connectivity index (χ0n) is 12.2. The van der Waals surface area contributed by atoms with Gasteiger partial charge in [-0.3, -0.25) is 4.79 Å². The van der Waals surface area contributed by atoms with Crippen molar-refractivity contribution in [2.75, 3.05) is 31.9 Å². The molecule has 1 amide bonds. The van der Waals surface area contributed by atoms with Gasteiger partial charge < -0.3 is 16.0 Å². The number of nitrogens with zero attached hydrogens (tertiary/aromatic N) is 1. The number of carbonyl (C=O) groups excluding carboxylic acids is 1. The summed E-state index contributed by atoms with van der Waals surface area (Å²) in [7, 11) is 0. The molecule has 1 aliphatic heterocycles. The van der Waals surface area contributed by atoms with Crippen LogP contribution in [0.3, 0.4) is 0 Å². The van der Waals surface area contributed by atoms with Crippen LogP contribution >= 0.6 is 24.8 Å². The van der Waals surface area contributed by atoms with Crippen LogP contribution in [0.15, 0.2) is 24.3 Å². The first kappa shape index (κ1) is 20.0. The molecule has 1 saturated heterocycles. The number of likely N-dealkylation sites (tertiary alicyclic amines) is 1. The van der Waals surface area contributed by atoms with E-state index in [1.165, 1.54) is 32.4 Å². The van der Waals surface area contributed by atoms with Crippen molar-refractivity contribution in [2.24, 2.45) is 0 Å². The van der Waals surface area contributed by atoms with Gasteiger partial charge in [-0.25, -0.2) is 0 Å². The zero-order chi connectivity index (χ0) is 13.5. The highest BCUT2D eigenvalue weighted by Crippen LogP contribution is 2.10. The Bertz CT molecular complexity index is 423. The van der Waals surface area contributed by atoms with Crippen molar-refractivity contribution >= 4 is 36.4 Å². The van der Waals surface area contributed by atoms with Crippen LogP contribution in [0, 0.1) is 0 Å². The van der Waals surface area contributed by atoms with Crippen LogP contribution in [0.5, 0.6) is 0 Å². The van der Waals surface area contributed by atoms with E-state index in [0.717, 1.165) is 13.0 Å². The quantitative estimate of drug-likeness (QED) is 0.643. The second-order valence-electron chi connectivity index (χ2n) is 5.10. The van der Waals surface area contributed by atoms with Crippen LogP contribution in [-0.2, 0) is 0 Å². The molecule has 0 aliphatic carbocycles. The number of rotatable bonds is 5. The van der Waals surface area contributed by atoms with Crippen LogP contribution in [0.2, 0.25) is 0 Å². The molecule has 0 saturated carbocycles. The molecule has 0 radical (unpaired) electrons. The second-order valence-corrected chi connectivity index (χ2v) is 5.10. The van der Waals surface area contributed by atoms with Crippen molar-refractivity contribution in [1.82, 2.24) is 10.2 Å². The van der Waals surface area contributed by atoms with Gasteiger partial charge in [-0.05, 0) is 51.0 Å². The molecule has 0 bridgehead atoms. The first-order valence-electron chi connectivity index (χ1n) is 7.12. The van der Waals surface area contributed by atoms with Crippen molar-refractivity contribution in [3.63, 3.8) is 0 Å². The maximum atomic E-state index is 11.9. The van der Waals surface area contributed by atoms with Gasteiger partial charge in [0.15, 0.2) is 0 Å². The average molecular weight is 334 g/mol. The van der Waals surface area contributed by atoms with Gasteiger partial charge in [0.2, 0.25) is 0 Å². The number of benzene rings is 1. The summed E-state index contributed by atoms with van der Waals surface area (Å²) in [4.78, 5) is 14.4. The van der Waals surface area contributed by atoms with E-state index in [4.69, 9.17) is 5.73 Å². The number of para-hydroxylation sites is 1. The Morgan fingerprint density at radius 3 is 2.48 bits per heavy atom. The highest BCUT2D eigenvalue weighted by molar-refractivity contribution is 5.99. The molecule has 21 heavy (non-hydrogen) atoms. The molecule has 1 aromatic rings. The van der Waals surface area contributed by atoms with Gasteiger partial charge >= 0.3 is 0 Å². The van der Waals surface area contributed by atoms with Gasteiger partial charge in [0.1, 0.15) is 0 Å². The van der Waals surface area contributed by atoms with Gasteiger partial charge in [-0.2, -0.15) is 0 Å². The van der Waals surface area contributed by atoms with Gasteiger partial charge in [0.25, 0.3) is 5.91 Å². The maximum absolute atomic E-state index is 11.9. The Labute approximate surface area is 139 Å². The number of amides is 1. The summed E-state index contributed by atoms with van der Waals surface area (Å²) in [6.45, 7) is 4.20. The molecule has 120 valence electrons. The topological polar surface area (TPSA) is 58.4 Å². The predicted molar refractivity (Wildman–Crippen MR) is 92.6 cm³/mol. The fourth-order valence-corrected chi connectivity index (χ4v) is 2.49. The number of nitrogen functional groups attached to an aromatic ring is 1. The summed E-state index contributed by atoms with van der Waals surface area (Å²) in [6.07, 6.45) is 4.98. The Hall–Kier alpha value is -0.970. The van der Waals surface area contributed by atoms with E-state index in [1.54, 1.807) is 12.1 Å². The largest absolute Gasteiger partial charge is 0.398 e. The molecule has 0 unspecified atom stereocenters. The summed E-state index contributed by atoms with van der Waals surface area (Å²) in [5, 5.41) is 2.93. The SMILES string of the molecule is Cl.Cl.Nc1ccccc1C(=O)NCCCN1CCCCC1. The molecule has 1 aromatic carbocycles. The molecule has 1 fully saturated rings. The number of halogens is 2. The maximum Gasteiger partial charge on any atom is 0.253 e. The summed E-state index contributed by atoms with van der Waals surface area (Å²) in [6, 6.07) is 7.18. The smallest absolute Gasteiger partial charge is 0.253 e. The number of nitrogens with two attached hydrogens (primary N) is 1. The molecular weight excluding hydrogens is 309 g/mol. The van der Waals surface area contributed by atoms with Gasteiger partial charge in [-0.1, -0.05) is 18.6 Å². The van der Waals surface area contributed by atoms with Crippen molar-refractivity contribution in [3.05, 3.63) is 29.8 Å². The second kappa shape index (κ2) is 10.7. The van der Waals surface area contributed by atoms with Crippen molar-refractivity contribution in [1.29, 1.82) is 0 Å². The fraction of sp³-hybridized carbons (Fsp3) is 0.533. The third-order valence-corrected chi connectivity index (χ3v) is 3.59. The normalized spacial score (nSPS) is 14.7. The third-order valence-electron chi connectivity index (χ3n) is 3.59. The lowest BCUT2D eigenvalue weighted by Gasteiger charge is -2.26. The number of carbonyl (C=O) groups is 1. The lowest BCUT2D eigenvalue weighted by atomic mass is 10.1. The standard InChI is InChI=1S/C15H23N3O.2ClH/c16-14-8-3-2-7-13(14)15(19)17-9-6-12-18-10-4-1-5-11-18;;/h2-3,7-8H,1,4-6,9-12,16H2,(H,17,19);2*1H. The molecule has 0 spiro atoms. The Morgan fingerprint density at radius 2 is 1.81 bits per heavy atom. The molecule has 2 rings (SSSR count). The molecule has 0 aromatic heterocycles. The van der Waals surface area contributed by atoms with E-state index in [1.807, 2.05) is 12.1 Å². The molecule has 4 nitrogen and oxygen atoms in total. The minimum atomic E-state index is -0.0725. The Kier molecular flexibility index (Phi) is 10.2. The number of anilines is 1. The van der Waals surface area contributed by atoms with Crippen molar-refractivity contribution < 1.29 is 4.79 Å². The predicted octanol–water partition coefficient (Wildman–Crippen LogP) is 2.72. The Morgan fingerprint density at radius 1 is 1.14 bits per heavy atom. The van der Waals surface area contributed by atoms with Gasteiger partial charge in [-0.15, -0.1) is 24.8 Å². The van der Waals surface area contributed by atoms with E-state index in [9.17, 15) is 4.79 Å². The Balaban J connectivity index is 0.00000200. The number of piperidine rings is 1. The summed E-state index contributed by atoms with van der Waals surface area (Å²) in [5.74, 6) is -0.0725. The van der Waals surface area contributed by atoms with Crippen LogP contribution in [0.25, 0.3) is 0 Å². The number of hydrogen-bond donors (Lipinski definition) is 2. The van der Waals surface area contributed by atoms with Crippen LogP contribution in [0.4, 0.5) is 5.69 Å². The average Bonchev–Trinajstić information content (AvgIpc) is 2.45. The van der Waals surface area contributed by atoms with E-state index in [-0.39, 0.29) is 30.7 Å². The first-order valence-corrected chi connectivity index (χ1v) is 7.12.